The third-order valence-electron chi connectivity index (χ3n) is 7.25. The number of rotatable bonds is 11. The topological polar surface area (TPSA) is 191 Å². The van der Waals surface area contributed by atoms with Crippen molar-refractivity contribution < 1.29 is 38.3 Å². The van der Waals surface area contributed by atoms with Gasteiger partial charge in [0.05, 0.1) is 6.04 Å². The standard InChI is InChI=1S/C26H37N7O7/c1-2-15-40-23(36)13-11-18(21(34)16-28-27)30-24(37)20-9-6-14-32-22(35)12-10-19(25(38)33(20)32)31-26(39)29-17-7-4-3-5-8-17/h2,16-20H,1,3-15H2,(H,30,37)(H2,29,31,39)/t18-,19-,20-/m0/s1. The number of ether oxygens (including phenoxy) is 1. The number of nitrogens with one attached hydrogen (secondary N) is 3. The molecular weight excluding hydrogens is 522 g/mol. The summed E-state index contributed by atoms with van der Waals surface area (Å²) in [6.07, 6.45) is 7.23. The molecule has 1 aliphatic carbocycles. The number of hydrogen-bond donors (Lipinski definition) is 3. The van der Waals surface area contributed by atoms with Crippen molar-refractivity contribution >= 4 is 41.7 Å². The van der Waals surface area contributed by atoms with Gasteiger partial charge >= 0.3 is 18.2 Å². The largest absolute Gasteiger partial charge is 0.461 e. The molecule has 0 aromatic rings. The molecule has 3 rings (SSSR count). The van der Waals surface area contributed by atoms with Gasteiger partial charge in [-0.15, -0.1) is 0 Å². The van der Waals surface area contributed by atoms with E-state index in [9.17, 15) is 28.8 Å². The van der Waals surface area contributed by atoms with Crippen LogP contribution in [0.15, 0.2) is 12.7 Å². The summed E-state index contributed by atoms with van der Waals surface area (Å²) in [5, 5.41) is 10.4. The van der Waals surface area contributed by atoms with Crippen LogP contribution >= 0.6 is 0 Å². The fourth-order valence-corrected chi connectivity index (χ4v) is 5.22. The maximum absolute atomic E-state index is 13.6. The van der Waals surface area contributed by atoms with Gasteiger partial charge in [0.15, 0.2) is 0 Å². The minimum absolute atomic E-state index is 0.00580. The van der Waals surface area contributed by atoms with Gasteiger partial charge in [0, 0.05) is 25.4 Å². The molecule has 2 aliphatic heterocycles. The maximum Gasteiger partial charge on any atom is 0.325 e. The Morgan fingerprint density at radius 1 is 1.07 bits per heavy atom. The number of hydrazine groups is 1. The van der Waals surface area contributed by atoms with Crippen molar-refractivity contribution in [3.05, 3.63) is 18.2 Å². The highest BCUT2D eigenvalue weighted by molar-refractivity contribution is 6.28. The minimum atomic E-state index is -1.25. The zero-order chi connectivity index (χ0) is 29.1. The van der Waals surface area contributed by atoms with E-state index in [4.69, 9.17) is 10.3 Å². The molecule has 0 unspecified atom stereocenters. The van der Waals surface area contributed by atoms with E-state index in [0.29, 0.717) is 12.6 Å². The molecule has 40 heavy (non-hydrogen) atoms. The molecular formula is C26H37N7O7. The molecule has 218 valence electrons. The number of carbonyl (C=O) groups is 6. The van der Waals surface area contributed by atoms with E-state index in [2.05, 4.69) is 27.3 Å². The van der Waals surface area contributed by atoms with Crippen molar-refractivity contribution in [2.45, 2.75) is 94.8 Å². The summed E-state index contributed by atoms with van der Waals surface area (Å²) in [5.41, 5.74) is 8.81. The first-order chi connectivity index (χ1) is 19.2. The van der Waals surface area contributed by atoms with E-state index in [1.54, 1.807) is 0 Å². The summed E-state index contributed by atoms with van der Waals surface area (Å²) in [6, 6.07) is -3.88. The van der Waals surface area contributed by atoms with Crippen molar-refractivity contribution in [3.8, 4) is 0 Å². The molecule has 3 atom stereocenters. The molecule has 2 heterocycles. The van der Waals surface area contributed by atoms with Crippen LogP contribution in [-0.4, -0.2) is 93.8 Å². The van der Waals surface area contributed by atoms with Crippen LogP contribution in [0.25, 0.3) is 5.53 Å². The summed E-state index contributed by atoms with van der Waals surface area (Å²) in [6.45, 7) is 3.66. The second kappa shape index (κ2) is 14.9. The lowest BCUT2D eigenvalue weighted by molar-refractivity contribution is -0.176. The Labute approximate surface area is 232 Å². The van der Waals surface area contributed by atoms with Gasteiger partial charge in [-0.1, -0.05) is 31.9 Å². The van der Waals surface area contributed by atoms with Crippen LogP contribution in [0.5, 0.6) is 0 Å². The van der Waals surface area contributed by atoms with Gasteiger partial charge in [0.1, 0.15) is 18.7 Å². The molecule has 2 saturated heterocycles. The molecule has 0 spiro atoms. The van der Waals surface area contributed by atoms with Crippen molar-refractivity contribution in [1.82, 2.24) is 26.0 Å². The smallest absolute Gasteiger partial charge is 0.325 e. The molecule has 0 aromatic carbocycles. The van der Waals surface area contributed by atoms with Gasteiger partial charge in [0.2, 0.25) is 11.8 Å². The van der Waals surface area contributed by atoms with Crippen LogP contribution in [-0.2, 0) is 28.7 Å². The highest BCUT2D eigenvalue weighted by Gasteiger charge is 2.45. The Bertz CT molecular complexity index is 1050. The predicted molar refractivity (Wildman–Crippen MR) is 140 cm³/mol. The average Bonchev–Trinajstić information content (AvgIpc) is 3.06. The molecule has 0 bridgehead atoms. The summed E-state index contributed by atoms with van der Waals surface area (Å²) >= 11 is 0. The molecule has 0 aromatic heterocycles. The van der Waals surface area contributed by atoms with E-state index in [-0.39, 0.29) is 57.2 Å². The molecule has 14 nitrogen and oxygen atoms in total. The quantitative estimate of drug-likeness (QED) is 0.107. The summed E-state index contributed by atoms with van der Waals surface area (Å²) < 4.78 is 4.90. The summed E-state index contributed by atoms with van der Waals surface area (Å²) in [5.74, 6) is -3.06. The molecule has 0 radical (unpaired) electrons. The fourth-order valence-electron chi connectivity index (χ4n) is 5.22. The molecule has 5 amide bonds. The van der Waals surface area contributed by atoms with E-state index in [0.717, 1.165) is 37.1 Å². The second-order valence-corrected chi connectivity index (χ2v) is 10.1. The number of ketones is 1. The zero-order valence-corrected chi connectivity index (χ0v) is 22.5. The molecule has 3 fully saturated rings. The van der Waals surface area contributed by atoms with Crippen LogP contribution in [0.2, 0.25) is 0 Å². The minimum Gasteiger partial charge on any atom is -0.461 e. The van der Waals surface area contributed by atoms with E-state index in [1.165, 1.54) is 11.1 Å². The van der Waals surface area contributed by atoms with Crippen molar-refractivity contribution in [2.24, 2.45) is 0 Å². The van der Waals surface area contributed by atoms with E-state index in [1.807, 2.05) is 0 Å². The van der Waals surface area contributed by atoms with Gasteiger partial charge in [-0.05, 0) is 38.5 Å². The Hall–Kier alpha value is -4.06. The lowest BCUT2D eigenvalue weighted by Gasteiger charge is -2.43. The maximum atomic E-state index is 13.6. The number of urea groups is 1. The molecule has 3 N–H and O–H groups in total. The first-order valence-corrected chi connectivity index (χ1v) is 13.7. The number of hydrogen-bond acceptors (Lipinski definition) is 7. The molecule has 3 aliphatic rings. The average molecular weight is 560 g/mol. The first-order valence-electron chi connectivity index (χ1n) is 13.7. The number of esters is 1. The highest BCUT2D eigenvalue weighted by atomic mass is 16.5. The Morgan fingerprint density at radius 3 is 2.52 bits per heavy atom. The number of carbonyl (C=O) groups excluding carboxylic acids is 6. The fraction of sp³-hybridized carbons (Fsp3) is 0.654. The number of nitrogens with zero attached hydrogens (tertiary/aromatic N) is 4. The van der Waals surface area contributed by atoms with E-state index >= 15 is 0 Å². The summed E-state index contributed by atoms with van der Waals surface area (Å²) in [4.78, 5) is 79.7. The highest BCUT2D eigenvalue weighted by Crippen LogP contribution is 2.25. The van der Waals surface area contributed by atoms with Crippen LogP contribution in [0.4, 0.5) is 4.79 Å². The normalized spacial score (nSPS) is 22.1. The third kappa shape index (κ3) is 8.22. The number of Topliss-reactive ketones (excluding diaryl/α,β-unsaturated/α-hetero) is 1. The Morgan fingerprint density at radius 2 is 1.82 bits per heavy atom. The van der Waals surface area contributed by atoms with E-state index < -0.39 is 47.7 Å². The monoisotopic (exact) mass is 559 g/mol. The predicted octanol–water partition coefficient (Wildman–Crippen LogP) is 0.379. The van der Waals surface area contributed by atoms with Crippen LogP contribution in [0.3, 0.4) is 0 Å². The number of fused-ring (bicyclic) bond motifs is 1. The lowest BCUT2D eigenvalue weighted by atomic mass is 9.96. The lowest BCUT2D eigenvalue weighted by Crippen LogP contribution is -2.65. The van der Waals surface area contributed by atoms with Crippen LogP contribution in [0.1, 0.15) is 70.6 Å². The van der Waals surface area contributed by atoms with Crippen molar-refractivity contribution in [1.29, 1.82) is 0 Å². The SMILES string of the molecule is C=CCOC(=O)CC[C@H](NC(=O)[C@@H]1CCCN2C(=O)CC[C@H](NC(=O)NC3CCCCC3)C(=O)N12)C(=O)C=[N+]=[N-]. The first kappa shape index (κ1) is 30.5. The van der Waals surface area contributed by atoms with Gasteiger partial charge in [-0.25, -0.2) is 9.80 Å². The molecule has 1 saturated carbocycles. The zero-order valence-electron chi connectivity index (χ0n) is 22.5. The molecule has 14 heteroatoms. The van der Waals surface area contributed by atoms with Crippen LogP contribution in [0, 0.1) is 0 Å². The Kier molecular flexibility index (Phi) is 11.4. The van der Waals surface area contributed by atoms with Crippen LogP contribution < -0.4 is 16.0 Å². The summed E-state index contributed by atoms with van der Waals surface area (Å²) in [7, 11) is 0. The third-order valence-corrected chi connectivity index (χ3v) is 7.25. The van der Waals surface area contributed by atoms with Gasteiger partial charge in [-0.3, -0.25) is 29.0 Å². The number of amides is 5. The van der Waals surface area contributed by atoms with Gasteiger partial charge in [0.25, 0.3) is 11.7 Å². The van der Waals surface area contributed by atoms with Crippen molar-refractivity contribution in [3.63, 3.8) is 0 Å². The van der Waals surface area contributed by atoms with Crippen molar-refractivity contribution in [2.75, 3.05) is 13.2 Å². The Balaban J connectivity index is 1.72. The van der Waals surface area contributed by atoms with Gasteiger partial charge in [-0.2, -0.15) is 4.79 Å². The second-order valence-electron chi connectivity index (χ2n) is 10.1. The van der Waals surface area contributed by atoms with Gasteiger partial charge < -0.3 is 26.2 Å².